The first-order valence-corrected chi connectivity index (χ1v) is 11.0. The van der Waals surface area contributed by atoms with E-state index in [9.17, 15) is 19.1 Å². The van der Waals surface area contributed by atoms with Crippen LogP contribution >= 0.6 is 0 Å². The van der Waals surface area contributed by atoms with Gasteiger partial charge >= 0.3 is 5.97 Å². The maximum absolute atomic E-state index is 14.2. The number of hydrogen-bond donors (Lipinski definition) is 2. The predicted octanol–water partition coefficient (Wildman–Crippen LogP) is 5.67. The summed E-state index contributed by atoms with van der Waals surface area (Å²) in [6, 6.07) is 14.4. The van der Waals surface area contributed by atoms with Gasteiger partial charge in [-0.3, -0.25) is 9.48 Å². The van der Waals surface area contributed by atoms with E-state index in [2.05, 4.69) is 10.4 Å². The number of fused-ring (bicyclic) bond motifs is 2. The summed E-state index contributed by atoms with van der Waals surface area (Å²) in [7, 11) is 1.86. The lowest BCUT2D eigenvalue weighted by molar-refractivity contribution is 0.0693. The number of aromatic nitrogens is 2. The van der Waals surface area contributed by atoms with Crippen LogP contribution in [0.1, 0.15) is 34.5 Å². The van der Waals surface area contributed by atoms with Crippen molar-refractivity contribution >= 4 is 33.5 Å². The van der Waals surface area contributed by atoms with Crippen molar-refractivity contribution in [3.05, 3.63) is 93.5 Å². The van der Waals surface area contributed by atoms with Gasteiger partial charge in [0.05, 0.1) is 28.8 Å². The molecule has 0 saturated heterocycles. The van der Waals surface area contributed by atoms with Crippen molar-refractivity contribution in [2.24, 2.45) is 7.05 Å². The average molecular weight is 471 g/mol. The molecule has 3 aromatic carbocycles. The van der Waals surface area contributed by atoms with Crippen molar-refractivity contribution in [2.75, 3.05) is 5.32 Å². The highest BCUT2D eigenvalue weighted by molar-refractivity contribution is 5.95. The van der Waals surface area contributed by atoms with Crippen LogP contribution in [0.3, 0.4) is 0 Å². The van der Waals surface area contributed by atoms with Crippen LogP contribution in [0.2, 0.25) is 0 Å². The highest BCUT2D eigenvalue weighted by Gasteiger charge is 2.20. The molecular formula is C27H22FN3O4. The molecule has 0 bridgehead atoms. The van der Waals surface area contributed by atoms with E-state index in [1.807, 2.05) is 38.2 Å². The summed E-state index contributed by atoms with van der Waals surface area (Å²) in [6.45, 7) is 3.67. The van der Waals surface area contributed by atoms with Crippen LogP contribution in [-0.4, -0.2) is 20.9 Å². The van der Waals surface area contributed by atoms with E-state index in [0.717, 1.165) is 28.1 Å². The van der Waals surface area contributed by atoms with E-state index >= 15 is 0 Å². The van der Waals surface area contributed by atoms with E-state index in [0.29, 0.717) is 22.3 Å². The first-order chi connectivity index (χ1) is 16.7. The lowest BCUT2D eigenvalue weighted by Gasteiger charge is -2.19. The van der Waals surface area contributed by atoms with Crippen LogP contribution in [-0.2, 0) is 7.05 Å². The quantitative estimate of drug-likeness (QED) is 0.343. The number of benzene rings is 3. The van der Waals surface area contributed by atoms with Crippen LogP contribution in [0, 0.1) is 12.7 Å². The molecule has 0 saturated carbocycles. The molecule has 0 fully saturated rings. The van der Waals surface area contributed by atoms with Crippen LogP contribution in [0.4, 0.5) is 10.1 Å². The number of nitrogens with zero attached hydrogens (tertiary/aromatic N) is 2. The smallest absolute Gasteiger partial charge is 0.340 e. The van der Waals surface area contributed by atoms with Crippen molar-refractivity contribution < 1.29 is 18.7 Å². The van der Waals surface area contributed by atoms with Gasteiger partial charge in [-0.2, -0.15) is 5.10 Å². The summed E-state index contributed by atoms with van der Waals surface area (Å²) in [4.78, 5) is 24.7. The molecular weight excluding hydrogens is 449 g/mol. The van der Waals surface area contributed by atoms with E-state index in [1.54, 1.807) is 23.9 Å². The number of aromatic carboxylic acids is 1. The Morgan fingerprint density at radius 3 is 2.74 bits per heavy atom. The summed E-state index contributed by atoms with van der Waals surface area (Å²) in [6.07, 6.45) is 1.75. The molecule has 5 aromatic rings. The summed E-state index contributed by atoms with van der Waals surface area (Å²) in [5.74, 6) is -1.79. The molecule has 2 N–H and O–H groups in total. The lowest BCUT2D eigenvalue weighted by atomic mass is 10.00. The molecule has 176 valence electrons. The molecule has 0 radical (unpaired) electrons. The number of nitrogens with one attached hydrogen (secondary N) is 1. The van der Waals surface area contributed by atoms with Gasteiger partial charge in [0.25, 0.3) is 0 Å². The molecule has 0 unspecified atom stereocenters. The summed E-state index contributed by atoms with van der Waals surface area (Å²) >= 11 is 0. The SMILES string of the molecule is Cc1cc([C@@H](C)Nc2cccc(F)c2C(=O)O)c2oc(-c3ccc4c(cnn4C)c3)cc(=O)c2c1. The minimum absolute atomic E-state index is 0.139. The molecule has 0 amide bonds. The largest absolute Gasteiger partial charge is 0.478 e. The second kappa shape index (κ2) is 8.39. The van der Waals surface area contributed by atoms with Gasteiger partial charge < -0.3 is 14.8 Å². The Labute approximate surface area is 199 Å². The molecule has 0 aliphatic carbocycles. The number of carboxylic acid groups (broad SMARTS) is 1. The lowest BCUT2D eigenvalue weighted by Crippen LogP contribution is -2.13. The molecule has 7 nitrogen and oxygen atoms in total. The number of carboxylic acids is 1. The van der Waals surface area contributed by atoms with Crippen LogP contribution < -0.4 is 10.7 Å². The van der Waals surface area contributed by atoms with E-state index < -0.39 is 23.4 Å². The Bertz CT molecular complexity index is 1690. The molecule has 0 spiro atoms. The zero-order valence-corrected chi connectivity index (χ0v) is 19.3. The fraction of sp³-hybridized carbons (Fsp3) is 0.148. The van der Waals surface area contributed by atoms with E-state index in [-0.39, 0.29) is 11.1 Å². The third-order valence-corrected chi connectivity index (χ3v) is 6.10. The molecule has 2 heterocycles. The maximum atomic E-state index is 14.2. The number of anilines is 1. The fourth-order valence-electron chi connectivity index (χ4n) is 4.39. The van der Waals surface area contributed by atoms with Gasteiger partial charge in [0.15, 0.2) is 5.43 Å². The Morgan fingerprint density at radius 1 is 1.17 bits per heavy atom. The summed E-state index contributed by atoms with van der Waals surface area (Å²) in [5, 5.41) is 18.1. The first kappa shape index (κ1) is 22.3. The normalized spacial score (nSPS) is 12.2. The Kier molecular flexibility index (Phi) is 5.36. The van der Waals surface area contributed by atoms with E-state index in [4.69, 9.17) is 4.42 Å². The highest BCUT2D eigenvalue weighted by Crippen LogP contribution is 2.32. The summed E-state index contributed by atoms with van der Waals surface area (Å²) < 4.78 is 22.2. The Morgan fingerprint density at radius 2 is 1.97 bits per heavy atom. The molecule has 1 atom stereocenters. The van der Waals surface area contributed by atoms with E-state index in [1.165, 1.54) is 18.2 Å². The number of rotatable bonds is 5. The van der Waals surface area contributed by atoms with Gasteiger partial charge in [-0.1, -0.05) is 12.1 Å². The van der Waals surface area contributed by atoms with Crippen LogP contribution in [0.15, 0.2) is 70.0 Å². The van der Waals surface area contributed by atoms with Gasteiger partial charge in [0, 0.05) is 29.6 Å². The highest BCUT2D eigenvalue weighted by atomic mass is 19.1. The van der Waals surface area contributed by atoms with Gasteiger partial charge in [-0.05, 0) is 55.8 Å². The molecule has 5 rings (SSSR count). The second-order valence-corrected chi connectivity index (χ2v) is 8.58. The number of halogens is 1. The Hall–Kier alpha value is -4.46. The maximum Gasteiger partial charge on any atom is 0.340 e. The topological polar surface area (TPSA) is 97.4 Å². The van der Waals surface area contributed by atoms with Crippen molar-refractivity contribution in [3.8, 4) is 11.3 Å². The molecule has 2 aromatic heterocycles. The second-order valence-electron chi connectivity index (χ2n) is 8.58. The zero-order chi connectivity index (χ0) is 24.9. The average Bonchev–Trinajstić information content (AvgIpc) is 3.18. The minimum Gasteiger partial charge on any atom is -0.478 e. The van der Waals surface area contributed by atoms with Crippen LogP contribution in [0.5, 0.6) is 0 Å². The standard InChI is InChI=1S/C27H22FN3O4/c1-14-9-18(15(2)30-21-6-4-5-20(28)25(21)27(33)34)26-19(10-14)23(32)12-24(35-26)16-7-8-22-17(11-16)13-29-31(22)3/h4-13,15,30H,1-3H3,(H,33,34)/t15-/m1/s1. The van der Waals surface area contributed by atoms with Crippen molar-refractivity contribution in [1.29, 1.82) is 0 Å². The van der Waals surface area contributed by atoms with Gasteiger partial charge in [0.2, 0.25) is 0 Å². The van der Waals surface area contributed by atoms with Crippen LogP contribution in [0.25, 0.3) is 33.2 Å². The third kappa shape index (κ3) is 3.93. The third-order valence-electron chi connectivity index (χ3n) is 6.10. The van der Waals surface area contributed by atoms with Crippen molar-refractivity contribution in [1.82, 2.24) is 9.78 Å². The monoisotopic (exact) mass is 471 g/mol. The minimum atomic E-state index is -1.37. The molecule has 8 heteroatoms. The molecule has 35 heavy (non-hydrogen) atoms. The summed E-state index contributed by atoms with van der Waals surface area (Å²) in [5.41, 5.74) is 3.07. The predicted molar refractivity (Wildman–Crippen MR) is 132 cm³/mol. The molecule has 0 aliphatic rings. The van der Waals surface area contributed by atoms with Crippen molar-refractivity contribution in [2.45, 2.75) is 19.9 Å². The van der Waals surface area contributed by atoms with Gasteiger partial charge in [-0.25, -0.2) is 9.18 Å². The van der Waals surface area contributed by atoms with Crippen molar-refractivity contribution in [3.63, 3.8) is 0 Å². The fourth-order valence-corrected chi connectivity index (χ4v) is 4.39. The van der Waals surface area contributed by atoms with Gasteiger partial charge in [0.1, 0.15) is 22.7 Å². The number of hydrogen-bond acceptors (Lipinski definition) is 5. The first-order valence-electron chi connectivity index (χ1n) is 11.0. The Balaban J connectivity index is 1.64. The van der Waals surface area contributed by atoms with Gasteiger partial charge in [-0.15, -0.1) is 0 Å². The zero-order valence-electron chi connectivity index (χ0n) is 19.3. The number of carbonyl (C=O) groups is 1. The number of aryl methyl sites for hydroxylation is 2. The molecule has 0 aliphatic heterocycles.